The Morgan fingerprint density at radius 3 is 2.46 bits per heavy atom. The van der Waals surface area contributed by atoms with E-state index >= 15 is 0 Å². The molecule has 1 aliphatic heterocycles. The van der Waals surface area contributed by atoms with E-state index in [2.05, 4.69) is 5.32 Å². The molecular formula is C28H25NO8. The van der Waals surface area contributed by atoms with Crippen LogP contribution in [0.5, 0.6) is 23.0 Å². The maximum absolute atomic E-state index is 12.8. The third kappa shape index (κ3) is 6.07. The molecule has 37 heavy (non-hydrogen) atoms. The van der Waals surface area contributed by atoms with Crippen molar-refractivity contribution in [3.05, 3.63) is 89.2 Å². The third-order valence-corrected chi connectivity index (χ3v) is 5.65. The lowest BCUT2D eigenvalue weighted by Gasteiger charge is -2.15. The number of fused-ring (bicyclic) bond motifs is 1. The topological polar surface area (TPSA) is 120 Å². The first kappa shape index (κ1) is 25.3. The molecule has 0 spiro atoms. The van der Waals surface area contributed by atoms with Crippen LogP contribution in [0, 0.1) is 0 Å². The van der Waals surface area contributed by atoms with Crippen LogP contribution in [-0.4, -0.2) is 49.6 Å². The number of rotatable bonds is 10. The van der Waals surface area contributed by atoms with Gasteiger partial charge >= 0.3 is 5.97 Å². The van der Waals surface area contributed by atoms with Crippen molar-refractivity contribution in [3.63, 3.8) is 0 Å². The molecule has 2 N–H and O–H groups in total. The lowest BCUT2D eigenvalue weighted by Crippen LogP contribution is -2.44. The predicted molar refractivity (Wildman–Crippen MR) is 134 cm³/mol. The number of carboxylic acids is 1. The van der Waals surface area contributed by atoms with E-state index in [0.717, 1.165) is 5.56 Å². The fourth-order valence-corrected chi connectivity index (χ4v) is 3.79. The Morgan fingerprint density at radius 1 is 1.00 bits per heavy atom. The Morgan fingerprint density at radius 2 is 1.76 bits per heavy atom. The molecule has 1 atom stereocenters. The van der Waals surface area contributed by atoms with Crippen LogP contribution in [0.25, 0.3) is 6.08 Å². The maximum atomic E-state index is 12.8. The molecule has 9 heteroatoms. The number of methoxy groups -OCH3 is 2. The second-order valence-electron chi connectivity index (χ2n) is 8.14. The average Bonchev–Trinajstić information content (AvgIpc) is 3.21. The highest BCUT2D eigenvalue weighted by atomic mass is 16.5. The molecule has 4 rings (SSSR count). The summed E-state index contributed by atoms with van der Waals surface area (Å²) in [5.74, 6) is -0.238. The Kier molecular flexibility index (Phi) is 7.73. The smallest absolute Gasteiger partial charge is 0.326 e. The number of ketones is 1. The van der Waals surface area contributed by atoms with E-state index in [9.17, 15) is 19.5 Å². The number of ether oxygens (including phenoxy) is 4. The van der Waals surface area contributed by atoms with Crippen LogP contribution in [0.2, 0.25) is 0 Å². The summed E-state index contributed by atoms with van der Waals surface area (Å²) in [5.41, 5.74) is 1.74. The van der Waals surface area contributed by atoms with Gasteiger partial charge in [-0.25, -0.2) is 4.79 Å². The second-order valence-corrected chi connectivity index (χ2v) is 8.14. The highest BCUT2D eigenvalue weighted by Crippen LogP contribution is 2.36. The zero-order valence-corrected chi connectivity index (χ0v) is 20.2. The van der Waals surface area contributed by atoms with Crippen LogP contribution in [0.15, 0.2) is 72.5 Å². The SMILES string of the molecule is COc1ccc(OC)c(/C=C2/Oc3cc(OCC(=O)N[C@H](Cc4ccccc4)C(=O)O)ccc3C2=O)c1. The molecule has 1 heterocycles. The van der Waals surface area contributed by atoms with Crippen LogP contribution in [0.4, 0.5) is 0 Å². The van der Waals surface area contributed by atoms with E-state index < -0.39 is 24.5 Å². The molecule has 0 aromatic heterocycles. The minimum absolute atomic E-state index is 0.0988. The molecule has 0 saturated carbocycles. The largest absolute Gasteiger partial charge is 0.497 e. The summed E-state index contributed by atoms with van der Waals surface area (Å²) in [6.45, 7) is -0.408. The number of amides is 1. The normalized spacial score (nSPS) is 13.9. The maximum Gasteiger partial charge on any atom is 0.326 e. The lowest BCUT2D eigenvalue weighted by molar-refractivity contribution is -0.142. The van der Waals surface area contributed by atoms with E-state index in [0.29, 0.717) is 22.6 Å². The molecule has 3 aromatic carbocycles. The summed E-state index contributed by atoms with van der Waals surface area (Å²) in [6, 6.07) is 17.7. The quantitative estimate of drug-likeness (QED) is 0.404. The summed E-state index contributed by atoms with van der Waals surface area (Å²) in [4.78, 5) is 36.8. The van der Waals surface area contributed by atoms with E-state index in [1.165, 1.54) is 13.2 Å². The first-order valence-corrected chi connectivity index (χ1v) is 11.4. The number of allylic oxidation sites excluding steroid dienone is 1. The molecular weight excluding hydrogens is 478 g/mol. The fraction of sp³-hybridized carbons (Fsp3) is 0.179. The second kappa shape index (κ2) is 11.3. The van der Waals surface area contributed by atoms with Crippen molar-refractivity contribution in [1.82, 2.24) is 5.32 Å². The highest BCUT2D eigenvalue weighted by Gasteiger charge is 2.28. The first-order valence-electron chi connectivity index (χ1n) is 11.4. The van der Waals surface area contributed by atoms with Crippen LogP contribution in [0.3, 0.4) is 0 Å². The van der Waals surface area contributed by atoms with Gasteiger partial charge in [0.05, 0.1) is 19.8 Å². The molecule has 9 nitrogen and oxygen atoms in total. The van der Waals surface area contributed by atoms with Gasteiger partial charge in [0, 0.05) is 18.1 Å². The number of carboxylic acid groups (broad SMARTS) is 1. The molecule has 0 unspecified atom stereocenters. The van der Waals surface area contributed by atoms with E-state index in [4.69, 9.17) is 18.9 Å². The minimum atomic E-state index is -1.14. The third-order valence-electron chi connectivity index (χ3n) is 5.65. The van der Waals surface area contributed by atoms with Crippen LogP contribution < -0.4 is 24.3 Å². The van der Waals surface area contributed by atoms with Crippen molar-refractivity contribution in [2.45, 2.75) is 12.5 Å². The van der Waals surface area contributed by atoms with Crippen molar-refractivity contribution in [2.24, 2.45) is 0 Å². The monoisotopic (exact) mass is 503 g/mol. The highest BCUT2D eigenvalue weighted by molar-refractivity contribution is 6.14. The standard InChI is InChI=1S/C28H25NO8/c1-34-19-9-11-23(35-2)18(13-19)14-25-27(31)21-10-8-20(15-24(21)37-25)36-16-26(30)29-22(28(32)33)12-17-6-4-3-5-7-17/h3-11,13-15,22H,12,16H2,1-2H3,(H,29,30)(H,32,33)/b25-14+/t22-/m1/s1. The first-order chi connectivity index (χ1) is 17.9. The van der Waals surface area contributed by atoms with Gasteiger partial charge in [-0.2, -0.15) is 0 Å². The van der Waals surface area contributed by atoms with Gasteiger partial charge in [0.15, 0.2) is 12.4 Å². The number of aliphatic carboxylic acids is 1. The zero-order chi connectivity index (χ0) is 26.4. The van der Waals surface area contributed by atoms with Gasteiger partial charge in [-0.3, -0.25) is 9.59 Å². The van der Waals surface area contributed by atoms with Crippen molar-refractivity contribution in [3.8, 4) is 23.0 Å². The number of Topliss-reactive ketones (excluding diaryl/α,β-unsaturated/α-hetero) is 1. The van der Waals surface area contributed by atoms with Gasteiger partial charge < -0.3 is 29.4 Å². The van der Waals surface area contributed by atoms with Crippen LogP contribution in [0.1, 0.15) is 21.5 Å². The summed E-state index contributed by atoms with van der Waals surface area (Å²) in [5, 5.41) is 11.9. The van der Waals surface area contributed by atoms with E-state index in [1.807, 2.05) is 6.07 Å². The van der Waals surface area contributed by atoms with Crippen LogP contribution >= 0.6 is 0 Å². The number of hydrogen-bond donors (Lipinski definition) is 2. The molecule has 1 amide bonds. The average molecular weight is 504 g/mol. The molecule has 0 radical (unpaired) electrons. The fourth-order valence-electron chi connectivity index (χ4n) is 3.79. The summed E-state index contributed by atoms with van der Waals surface area (Å²) in [7, 11) is 3.06. The van der Waals surface area contributed by atoms with Crippen LogP contribution in [-0.2, 0) is 16.0 Å². The van der Waals surface area contributed by atoms with Gasteiger partial charge in [0.2, 0.25) is 5.78 Å². The lowest BCUT2D eigenvalue weighted by atomic mass is 10.1. The number of carbonyl (C=O) groups is 3. The van der Waals surface area contributed by atoms with Crippen molar-refractivity contribution >= 4 is 23.7 Å². The van der Waals surface area contributed by atoms with E-state index in [-0.39, 0.29) is 29.5 Å². The van der Waals surface area contributed by atoms with Gasteiger partial charge in [-0.15, -0.1) is 0 Å². The predicted octanol–water partition coefficient (Wildman–Crippen LogP) is 3.51. The molecule has 0 saturated heterocycles. The van der Waals surface area contributed by atoms with Crippen molar-refractivity contribution < 1.29 is 38.4 Å². The van der Waals surface area contributed by atoms with Crippen molar-refractivity contribution in [2.75, 3.05) is 20.8 Å². The summed E-state index contributed by atoms with van der Waals surface area (Å²) >= 11 is 0. The molecule has 3 aromatic rings. The Bertz CT molecular complexity index is 1350. The number of carbonyl (C=O) groups excluding carboxylic acids is 2. The molecule has 190 valence electrons. The minimum Gasteiger partial charge on any atom is -0.497 e. The van der Waals surface area contributed by atoms with Gasteiger partial charge in [-0.05, 0) is 42.0 Å². The molecule has 0 fully saturated rings. The van der Waals surface area contributed by atoms with Gasteiger partial charge in [0.25, 0.3) is 5.91 Å². The molecule has 0 aliphatic carbocycles. The Hall–Kier alpha value is -4.79. The Balaban J connectivity index is 1.41. The van der Waals surface area contributed by atoms with Gasteiger partial charge in [-0.1, -0.05) is 30.3 Å². The molecule has 0 bridgehead atoms. The Labute approximate surface area is 213 Å². The number of nitrogens with one attached hydrogen (secondary N) is 1. The van der Waals surface area contributed by atoms with Gasteiger partial charge in [0.1, 0.15) is 29.0 Å². The number of benzene rings is 3. The van der Waals surface area contributed by atoms with Crippen molar-refractivity contribution in [1.29, 1.82) is 0 Å². The summed E-state index contributed by atoms with van der Waals surface area (Å²) < 4.78 is 21.9. The van der Waals surface area contributed by atoms with E-state index in [1.54, 1.807) is 67.8 Å². The zero-order valence-electron chi connectivity index (χ0n) is 20.2. The number of hydrogen-bond acceptors (Lipinski definition) is 7. The summed E-state index contributed by atoms with van der Waals surface area (Å²) in [6.07, 6.45) is 1.71. The molecule has 1 aliphatic rings.